The van der Waals surface area contributed by atoms with E-state index in [0.717, 1.165) is 54.5 Å². The van der Waals surface area contributed by atoms with Crippen LogP contribution in [0.3, 0.4) is 0 Å². The number of rotatable bonds is 4. The lowest BCUT2D eigenvalue weighted by molar-refractivity contribution is 0.340. The standard InChI is InChI=1S/C27H27N7.H2S/c1-31(2)14-20-9-10-32(15-20)24-7-8-25-23(11-24)17-33-16-22(21-5-3-19(13-28)4-6-21)12-26(33)27-29-18-30-34(25)27;/h3-8,11-12,16,18,20H,9-10,14-15,17H2,1-2H3;1H2/t20-;/m0./s1. The number of anilines is 1. The molecule has 0 radical (unpaired) electrons. The summed E-state index contributed by atoms with van der Waals surface area (Å²) in [6.07, 6.45) is 5.04. The molecule has 0 saturated carbocycles. The average Bonchev–Trinajstić information content (AvgIpc) is 3.57. The smallest absolute Gasteiger partial charge is 0.179 e. The molecule has 4 heterocycles. The summed E-state index contributed by atoms with van der Waals surface area (Å²) in [7, 11) is 4.31. The quantitative estimate of drug-likeness (QED) is 0.384. The molecule has 8 heteroatoms. The van der Waals surface area contributed by atoms with Gasteiger partial charge in [0, 0.05) is 43.6 Å². The van der Waals surface area contributed by atoms with E-state index in [1.165, 1.54) is 17.7 Å². The number of hydrogen-bond acceptors (Lipinski definition) is 5. The Labute approximate surface area is 212 Å². The third-order valence-corrected chi connectivity index (χ3v) is 6.93. The molecular weight excluding hydrogens is 454 g/mol. The van der Waals surface area contributed by atoms with Gasteiger partial charge in [0.2, 0.25) is 0 Å². The molecule has 0 unspecified atom stereocenters. The first-order valence-corrected chi connectivity index (χ1v) is 11.7. The topological polar surface area (TPSA) is 65.9 Å². The van der Waals surface area contributed by atoms with Crippen molar-refractivity contribution < 1.29 is 0 Å². The Kier molecular flexibility index (Phi) is 6.13. The van der Waals surface area contributed by atoms with Crippen molar-refractivity contribution in [3.05, 3.63) is 72.2 Å². The fourth-order valence-corrected chi connectivity index (χ4v) is 5.33. The van der Waals surface area contributed by atoms with Gasteiger partial charge in [-0.05, 0) is 74.0 Å². The molecule has 1 fully saturated rings. The third-order valence-electron chi connectivity index (χ3n) is 6.93. The van der Waals surface area contributed by atoms with E-state index in [2.05, 4.69) is 75.1 Å². The van der Waals surface area contributed by atoms with Crippen molar-refractivity contribution >= 4 is 19.2 Å². The summed E-state index contributed by atoms with van der Waals surface area (Å²) in [4.78, 5) is 9.40. The van der Waals surface area contributed by atoms with Gasteiger partial charge in [-0.1, -0.05) is 12.1 Å². The highest BCUT2D eigenvalue weighted by molar-refractivity contribution is 7.59. The van der Waals surface area contributed by atoms with E-state index in [0.29, 0.717) is 11.5 Å². The maximum atomic E-state index is 9.12. The molecule has 0 spiro atoms. The van der Waals surface area contributed by atoms with Gasteiger partial charge in [0.05, 0.1) is 23.0 Å². The van der Waals surface area contributed by atoms with E-state index >= 15 is 0 Å². The first kappa shape index (κ1) is 23.2. The van der Waals surface area contributed by atoms with Crippen LogP contribution in [0.4, 0.5) is 5.69 Å². The van der Waals surface area contributed by atoms with Crippen molar-refractivity contribution in [1.29, 1.82) is 5.26 Å². The number of aromatic nitrogens is 4. The highest BCUT2D eigenvalue weighted by atomic mass is 32.1. The fourth-order valence-electron chi connectivity index (χ4n) is 5.33. The van der Waals surface area contributed by atoms with E-state index in [1.54, 1.807) is 6.33 Å². The lowest BCUT2D eigenvalue weighted by atomic mass is 10.1. The zero-order valence-electron chi connectivity index (χ0n) is 20.0. The van der Waals surface area contributed by atoms with E-state index in [4.69, 9.17) is 5.26 Å². The summed E-state index contributed by atoms with van der Waals surface area (Å²) >= 11 is 0. The molecule has 2 aliphatic rings. The van der Waals surface area contributed by atoms with E-state index < -0.39 is 0 Å². The average molecular weight is 484 g/mol. The first-order valence-electron chi connectivity index (χ1n) is 11.7. The molecule has 0 N–H and O–H groups in total. The lowest BCUT2D eigenvalue weighted by Crippen LogP contribution is -2.25. The molecule has 7 nitrogen and oxygen atoms in total. The second-order valence-electron chi connectivity index (χ2n) is 9.60. The summed E-state index contributed by atoms with van der Waals surface area (Å²) in [6.45, 7) is 4.09. The maximum Gasteiger partial charge on any atom is 0.179 e. The van der Waals surface area contributed by atoms with Crippen LogP contribution in [-0.4, -0.2) is 58.0 Å². The monoisotopic (exact) mass is 483 g/mol. The van der Waals surface area contributed by atoms with Crippen LogP contribution < -0.4 is 4.90 Å². The van der Waals surface area contributed by atoms with Gasteiger partial charge in [0.1, 0.15) is 6.33 Å². The van der Waals surface area contributed by atoms with Gasteiger partial charge in [-0.2, -0.15) is 23.9 Å². The highest BCUT2D eigenvalue weighted by Crippen LogP contribution is 2.35. The van der Waals surface area contributed by atoms with E-state index in [-0.39, 0.29) is 13.5 Å². The maximum absolute atomic E-state index is 9.12. The second-order valence-corrected chi connectivity index (χ2v) is 9.60. The molecule has 2 aromatic carbocycles. The van der Waals surface area contributed by atoms with Crippen LogP contribution in [0.1, 0.15) is 17.5 Å². The Hall–Kier alpha value is -3.54. The summed E-state index contributed by atoms with van der Waals surface area (Å²) in [5.41, 5.74) is 7.51. The van der Waals surface area contributed by atoms with E-state index in [1.807, 2.05) is 28.9 Å². The lowest BCUT2D eigenvalue weighted by Gasteiger charge is -2.21. The van der Waals surface area contributed by atoms with Gasteiger partial charge in [-0.15, -0.1) is 0 Å². The van der Waals surface area contributed by atoms with Crippen molar-refractivity contribution in [2.75, 3.05) is 38.6 Å². The third kappa shape index (κ3) is 4.22. The number of hydrogen-bond donors (Lipinski definition) is 0. The van der Waals surface area contributed by atoms with Crippen LogP contribution in [0.2, 0.25) is 0 Å². The predicted molar refractivity (Wildman–Crippen MR) is 143 cm³/mol. The van der Waals surface area contributed by atoms with Crippen LogP contribution in [0.5, 0.6) is 0 Å². The first-order chi connectivity index (χ1) is 16.6. The number of benzene rings is 2. The van der Waals surface area contributed by atoms with Crippen LogP contribution in [0.15, 0.2) is 61.1 Å². The van der Waals surface area contributed by atoms with Crippen LogP contribution in [0.25, 0.3) is 28.3 Å². The molecule has 1 atom stereocenters. The summed E-state index contributed by atoms with van der Waals surface area (Å²) < 4.78 is 4.22. The van der Waals surface area contributed by atoms with Gasteiger partial charge in [0.25, 0.3) is 0 Å². The zero-order valence-corrected chi connectivity index (χ0v) is 21.0. The molecule has 0 bridgehead atoms. The Morgan fingerprint density at radius 3 is 2.69 bits per heavy atom. The Balaban J connectivity index is 0.00000253. The second kappa shape index (κ2) is 9.25. The van der Waals surface area contributed by atoms with Gasteiger partial charge in [0.15, 0.2) is 5.82 Å². The van der Waals surface area contributed by atoms with Crippen molar-refractivity contribution in [1.82, 2.24) is 24.2 Å². The molecule has 35 heavy (non-hydrogen) atoms. The SMILES string of the molecule is CN(C)C[C@@H]1CCN(c2ccc3c(c2)Cn2cc(-c4ccc(C#N)cc4)cc2-c2ncnn2-3)C1.S. The van der Waals surface area contributed by atoms with E-state index in [9.17, 15) is 0 Å². The molecular formula is C27H29N7S. The Morgan fingerprint density at radius 1 is 1.09 bits per heavy atom. The molecule has 6 rings (SSSR count). The highest BCUT2D eigenvalue weighted by Gasteiger charge is 2.26. The molecule has 0 amide bonds. The predicted octanol–water partition coefficient (Wildman–Crippen LogP) is 4.14. The van der Waals surface area contributed by atoms with Gasteiger partial charge >= 0.3 is 0 Å². The minimum atomic E-state index is 0. The molecule has 2 aliphatic heterocycles. The van der Waals surface area contributed by atoms with Crippen molar-refractivity contribution in [2.45, 2.75) is 13.0 Å². The van der Waals surface area contributed by atoms with Gasteiger partial charge in [-0.3, -0.25) is 0 Å². The normalized spacial score (nSPS) is 16.2. The van der Waals surface area contributed by atoms with Crippen molar-refractivity contribution in [3.8, 4) is 34.4 Å². The van der Waals surface area contributed by atoms with Crippen molar-refractivity contribution in [2.24, 2.45) is 5.92 Å². The summed E-state index contributed by atoms with van der Waals surface area (Å²) in [5.74, 6) is 1.56. The zero-order chi connectivity index (χ0) is 23.2. The largest absolute Gasteiger partial charge is 0.371 e. The van der Waals surface area contributed by atoms with Crippen LogP contribution >= 0.6 is 13.5 Å². The summed E-state index contributed by atoms with van der Waals surface area (Å²) in [6, 6.07) is 18.8. The minimum absolute atomic E-state index is 0. The molecule has 1 saturated heterocycles. The Bertz CT molecular complexity index is 1390. The minimum Gasteiger partial charge on any atom is -0.371 e. The number of fused-ring (bicyclic) bond motifs is 5. The molecule has 4 aromatic rings. The number of nitrogens with zero attached hydrogens (tertiary/aromatic N) is 7. The molecule has 2 aromatic heterocycles. The van der Waals surface area contributed by atoms with Crippen molar-refractivity contribution in [3.63, 3.8) is 0 Å². The molecule has 0 aliphatic carbocycles. The summed E-state index contributed by atoms with van der Waals surface area (Å²) in [5, 5.41) is 13.7. The number of nitriles is 1. The molecule has 178 valence electrons. The fraction of sp³-hybridized carbons (Fsp3) is 0.296. The Morgan fingerprint density at radius 2 is 1.91 bits per heavy atom. The van der Waals surface area contributed by atoms with Gasteiger partial charge in [-0.25, -0.2) is 9.67 Å². The van der Waals surface area contributed by atoms with Crippen LogP contribution in [0, 0.1) is 17.2 Å². The van der Waals surface area contributed by atoms with Gasteiger partial charge < -0.3 is 14.4 Å². The van der Waals surface area contributed by atoms with Crippen LogP contribution in [-0.2, 0) is 6.54 Å².